The van der Waals surface area contributed by atoms with Crippen LogP contribution in [0.4, 0.5) is 39.5 Å². The van der Waals surface area contributed by atoms with Crippen molar-refractivity contribution < 1.29 is 72.5 Å². The fourth-order valence-electron chi connectivity index (χ4n) is 3.46. The summed E-state index contributed by atoms with van der Waals surface area (Å²) in [5.74, 6) is -4.17. The number of ether oxygens (including phenoxy) is 1. The molecule has 0 aliphatic rings. The number of carbonyl (C=O) groups is 2. The summed E-state index contributed by atoms with van der Waals surface area (Å²) in [6.45, 7) is -2.09. The van der Waals surface area contributed by atoms with Crippen LogP contribution < -0.4 is 9.88 Å². The Morgan fingerprint density at radius 2 is 1.53 bits per heavy atom. The molecule has 4 rings (SSSR count). The molecule has 4 N–H and O–H groups in total. The smallest absolute Gasteiger partial charge is 0.433 e. The van der Waals surface area contributed by atoms with E-state index < -0.39 is 86.6 Å². The molecule has 0 aliphatic carbocycles. The minimum atomic E-state index is -5.13. The number of benzene rings is 2. The van der Waals surface area contributed by atoms with Crippen LogP contribution in [-0.2, 0) is 22.4 Å². The van der Waals surface area contributed by atoms with Crippen LogP contribution in [0.5, 0.6) is 5.75 Å². The lowest BCUT2D eigenvalue weighted by Gasteiger charge is -2.17. The zero-order valence-electron chi connectivity index (χ0n) is 21.6. The second kappa shape index (κ2) is 12.2. The van der Waals surface area contributed by atoms with Gasteiger partial charge in [-0.05, 0) is 36.4 Å². The average Bonchev–Trinajstić information content (AvgIpc) is 3.34. The SMILES string of the molecule is NS(=O)(=O)c1cccc(C(=O)O)c1.O=C(O)c1cnn2c(C(F)(F)F)cc(-c3ccc(C(F)(F)F)c(OCC(F)(F)F)c3)nc12. The van der Waals surface area contributed by atoms with E-state index in [-0.39, 0.29) is 15.0 Å². The summed E-state index contributed by atoms with van der Waals surface area (Å²) in [6, 6.07) is 6.64. The molecular weight excluding hydrogens is 659 g/mol. The minimum absolute atomic E-state index is 0.105. The van der Waals surface area contributed by atoms with Crippen molar-refractivity contribution in [3.8, 4) is 17.0 Å². The maximum Gasteiger partial charge on any atom is 0.433 e. The number of sulfonamides is 1. The molecule has 0 saturated heterocycles. The topological polar surface area (TPSA) is 174 Å². The highest BCUT2D eigenvalue weighted by molar-refractivity contribution is 7.89. The van der Waals surface area contributed by atoms with Gasteiger partial charge in [-0.2, -0.15) is 44.6 Å². The number of fused-ring (bicyclic) bond motifs is 1. The van der Waals surface area contributed by atoms with Crippen molar-refractivity contribution in [1.29, 1.82) is 0 Å². The van der Waals surface area contributed by atoms with Gasteiger partial charge in [-0.3, -0.25) is 0 Å². The molecule has 242 valence electrons. The lowest BCUT2D eigenvalue weighted by atomic mass is 10.1. The van der Waals surface area contributed by atoms with Gasteiger partial charge in [0.15, 0.2) is 17.9 Å². The van der Waals surface area contributed by atoms with Crippen LogP contribution in [0.15, 0.2) is 59.6 Å². The zero-order chi connectivity index (χ0) is 34.1. The van der Waals surface area contributed by atoms with Gasteiger partial charge in [0.1, 0.15) is 11.3 Å². The summed E-state index contributed by atoms with van der Waals surface area (Å²) >= 11 is 0. The molecule has 0 aliphatic heterocycles. The molecule has 11 nitrogen and oxygen atoms in total. The summed E-state index contributed by atoms with van der Waals surface area (Å²) in [5.41, 5.74) is -5.88. The van der Waals surface area contributed by atoms with E-state index in [0.29, 0.717) is 30.5 Å². The van der Waals surface area contributed by atoms with Crippen molar-refractivity contribution in [2.24, 2.45) is 5.14 Å². The first-order valence-electron chi connectivity index (χ1n) is 11.5. The van der Waals surface area contributed by atoms with Crippen LogP contribution in [0.1, 0.15) is 32.0 Å². The van der Waals surface area contributed by atoms with Crippen LogP contribution in [0.2, 0.25) is 0 Å². The summed E-state index contributed by atoms with van der Waals surface area (Å²) in [5, 5.41) is 25.8. The van der Waals surface area contributed by atoms with Crippen LogP contribution in [0.3, 0.4) is 0 Å². The highest BCUT2D eigenvalue weighted by Crippen LogP contribution is 2.40. The van der Waals surface area contributed by atoms with E-state index >= 15 is 0 Å². The second-order valence-electron chi connectivity index (χ2n) is 8.61. The van der Waals surface area contributed by atoms with Gasteiger partial charge < -0.3 is 14.9 Å². The number of carboxylic acids is 2. The van der Waals surface area contributed by atoms with Gasteiger partial charge in [-0.15, -0.1) is 0 Å². The Hall–Kier alpha value is -4.92. The molecule has 45 heavy (non-hydrogen) atoms. The molecule has 0 fully saturated rings. The lowest BCUT2D eigenvalue weighted by Crippen LogP contribution is -2.21. The molecule has 4 aromatic rings. The number of nitrogens with two attached hydrogens (primary N) is 1. The van der Waals surface area contributed by atoms with E-state index in [1.165, 1.54) is 18.2 Å². The third kappa shape index (κ3) is 8.59. The normalized spacial score (nSPS) is 12.4. The van der Waals surface area contributed by atoms with Crippen molar-refractivity contribution in [1.82, 2.24) is 14.6 Å². The maximum atomic E-state index is 13.4. The lowest BCUT2D eigenvalue weighted by molar-refractivity contribution is -0.158. The third-order valence-electron chi connectivity index (χ3n) is 5.38. The molecule has 0 amide bonds. The Balaban J connectivity index is 0.000000355. The standard InChI is InChI=1S/C17H8F9N3O3.C7H7NO4S/c18-15(19,20)6-32-11-3-7(1-2-9(11)16(21,22)23)10-4-12(17(24,25)26)29-13(28-10)8(5-27-29)14(30)31;8-13(11,12)6-3-1-2-5(4-6)7(9)10/h1-5H,6H2,(H,30,31);1-4H,(H,9,10)(H2,8,11,12). The number of aromatic carboxylic acids is 2. The average molecular weight is 674 g/mol. The fourth-order valence-corrected chi connectivity index (χ4v) is 4.02. The van der Waals surface area contributed by atoms with Crippen LogP contribution in [0, 0.1) is 0 Å². The molecule has 0 unspecified atom stereocenters. The Morgan fingerprint density at radius 3 is 2.04 bits per heavy atom. The van der Waals surface area contributed by atoms with Crippen molar-refractivity contribution in [3.63, 3.8) is 0 Å². The number of hydrogen-bond donors (Lipinski definition) is 3. The summed E-state index contributed by atoms with van der Waals surface area (Å²) in [7, 11) is -3.82. The van der Waals surface area contributed by atoms with Crippen LogP contribution in [-0.4, -0.2) is 58.0 Å². The van der Waals surface area contributed by atoms with Gasteiger partial charge in [-0.1, -0.05) is 12.1 Å². The number of nitrogens with zero attached hydrogens (tertiary/aromatic N) is 3. The van der Waals surface area contributed by atoms with E-state index in [2.05, 4.69) is 14.8 Å². The number of carboxylic acid groups (broad SMARTS) is 2. The largest absolute Gasteiger partial charge is 0.483 e. The van der Waals surface area contributed by atoms with Gasteiger partial charge in [0.2, 0.25) is 10.0 Å². The number of primary sulfonamides is 1. The van der Waals surface area contributed by atoms with Gasteiger partial charge in [0.05, 0.1) is 27.9 Å². The van der Waals surface area contributed by atoms with Crippen molar-refractivity contribution >= 4 is 27.6 Å². The number of halogens is 9. The molecule has 0 atom stereocenters. The molecule has 2 aromatic heterocycles. The molecule has 0 saturated carbocycles. The van der Waals surface area contributed by atoms with Gasteiger partial charge in [0, 0.05) is 5.56 Å². The van der Waals surface area contributed by atoms with E-state index in [1.54, 1.807) is 0 Å². The monoisotopic (exact) mass is 674 g/mol. The molecular formula is C24H15F9N4O7S. The predicted octanol–water partition coefficient (Wildman–Crippen LogP) is 5.11. The Kier molecular flexibility index (Phi) is 9.39. The first kappa shape index (κ1) is 34.6. The highest BCUT2D eigenvalue weighted by Gasteiger charge is 2.38. The zero-order valence-corrected chi connectivity index (χ0v) is 22.4. The number of hydrogen-bond acceptors (Lipinski definition) is 7. The maximum absolute atomic E-state index is 13.4. The van der Waals surface area contributed by atoms with Crippen LogP contribution in [0.25, 0.3) is 16.9 Å². The molecule has 0 bridgehead atoms. The van der Waals surface area contributed by atoms with Crippen LogP contribution >= 0.6 is 0 Å². The van der Waals surface area contributed by atoms with Crippen molar-refractivity contribution in [3.05, 3.63) is 77.1 Å². The third-order valence-corrected chi connectivity index (χ3v) is 6.29. The minimum Gasteiger partial charge on any atom is -0.483 e. The summed E-state index contributed by atoms with van der Waals surface area (Å²) in [6.07, 6.45) is -14.6. The molecule has 2 heterocycles. The highest BCUT2D eigenvalue weighted by atomic mass is 32.2. The number of rotatable bonds is 6. The first-order chi connectivity index (χ1) is 20.5. The Bertz CT molecular complexity index is 1870. The predicted molar refractivity (Wildman–Crippen MR) is 132 cm³/mol. The molecule has 2 aromatic carbocycles. The van der Waals surface area contributed by atoms with E-state index in [4.69, 9.17) is 15.4 Å². The van der Waals surface area contributed by atoms with E-state index in [9.17, 15) is 57.5 Å². The molecule has 0 radical (unpaired) electrons. The quantitative estimate of drug-likeness (QED) is 0.235. The van der Waals surface area contributed by atoms with Crippen molar-refractivity contribution in [2.45, 2.75) is 23.4 Å². The van der Waals surface area contributed by atoms with Gasteiger partial charge in [-0.25, -0.2) is 32.6 Å². The number of alkyl halides is 9. The van der Waals surface area contributed by atoms with E-state index in [0.717, 1.165) is 6.07 Å². The summed E-state index contributed by atoms with van der Waals surface area (Å²) in [4.78, 5) is 25.2. The van der Waals surface area contributed by atoms with Crippen molar-refractivity contribution in [2.75, 3.05) is 6.61 Å². The molecule has 21 heteroatoms. The van der Waals surface area contributed by atoms with Gasteiger partial charge >= 0.3 is 30.5 Å². The Labute approximate surface area is 244 Å². The first-order valence-corrected chi connectivity index (χ1v) is 13.0. The van der Waals surface area contributed by atoms with Gasteiger partial charge in [0.25, 0.3) is 0 Å². The van der Waals surface area contributed by atoms with E-state index in [1.807, 2.05) is 0 Å². The molecule has 0 spiro atoms. The summed E-state index contributed by atoms with van der Waals surface area (Å²) < 4.78 is 143. The number of aromatic nitrogens is 3. The fraction of sp³-hybridized carbons (Fsp3) is 0.167. The second-order valence-corrected chi connectivity index (χ2v) is 10.2. The Morgan fingerprint density at radius 1 is 0.889 bits per heavy atom.